The van der Waals surface area contributed by atoms with Crippen molar-refractivity contribution < 1.29 is 0 Å². The first-order valence-electron chi connectivity index (χ1n) is 4.43. The van der Waals surface area contributed by atoms with Crippen molar-refractivity contribution in [3.8, 4) is 0 Å². The van der Waals surface area contributed by atoms with Crippen LogP contribution in [0.5, 0.6) is 0 Å². The first kappa shape index (κ1) is 8.05. The molecule has 0 unspecified atom stereocenters. The van der Waals surface area contributed by atoms with Crippen molar-refractivity contribution in [3.05, 3.63) is 15.4 Å². The van der Waals surface area contributed by atoms with Crippen LogP contribution in [0.25, 0.3) is 0 Å². The zero-order chi connectivity index (χ0) is 8.55. The van der Waals surface area contributed by atoms with Crippen molar-refractivity contribution >= 4 is 11.3 Å². The fraction of sp³-hybridized carbons (Fsp3) is 0.667. The van der Waals surface area contributed by atoms with E-state index in [2.05, 4.69) is 16.6 Å². The van der Waals surface area contributed by atoms with Gasteiger partial charge in [-0.1, -0.05) is 0 Å². The normalized spacial score (nSPS) is 18.0. The number of fused-ring (bicyclic) bond motifs is 1. The summed E-state index contributed by atoms with van der Waals surface area (Å²) in [4.78, 5) is 6.98. The Balaban J connectivity index is 2.59. The van der Waals surface area contributed by atoms with Crippen LogP contribution in [0.15, 0.2) is 4.99 Å². The van der Waals surface area contributed by atoms with Crippen molar-refractivity contribution in [1.82, 2.24) is 4.57 Å². The van der Waals surface area contributed by atoms with Crippen LogP contribution >= 0.6 is 11.3 Å². The van der Waals surface area contributed by atoms with E-state index >= 15 is 0 Å². The molecule has 0 aliphatic heterocycles. The van der Waals surface area contributed by atoms with Crippen LogP contribution < -0.4 is 4.80 Å². The molecule has 2 nitrogen and oxygen atoms in total. The predicted molar refractivity (Wildman–Crippen MR) is 51.4 cm³/mol. The van der Waals surface area contributed by atoms with Gasteiger partial charge >= 0.3 is 0 Å². The molecule has 0 amide bonds. The van der Waals surface area contributed by atoms with Crippen molar-refractivity contribution in [2.45, 2.75) is 25.7 Å². The zero-order valence-electron chi connectivity index (χ0n) is 7.63. The lowest BCUT2D eigenvalue weighted by Crippen LogP contribution is -2.14. The Bertz CT molecular complexity index is 346. The second-order valence-electron chi connectivity index (χ2n) is 3.24. The van der Waals surface area contributed by atoms with E-state index in [0.29, 0.717) is 0 Å². The Morgan fingerprint density at radius 3 is 2.75 bits per heavy atom. The van der Waals surface area contributed by atoms with E-state index in [1.54, 1.807) is 4.88 Å². The lowest BCUT2D eigenvalue weighted by molar-refractivity contribution is 0.643. The fourth-order valence-corrected chi connectivity index (χ4v) is 2.98. The van der Waals surface area contributed by atoms with E-state index in [4.69, 9.17) is 0 Å². The first-order valence-corrected chi connectivity index (χ1v) is 5.25. The number of aromatic nitrogens is 1. The van der Waals surface area contributed by atoms with Crippen molar-refractivity contribution in [2.75, 3.05) is 7.05 Å². The molecular weight excluding hydrogens is 168 g/mol. The molecule has 0 saturated heterocycles. The summed E-state index contributed by atoms with van der Waals surface area (Å²) < 4.78 is 2.25. The van der Waals surface area contributed by atoms with Gasteiger partial charge in [-0.05, 0) is 25.7 Å². The minimum absolute atomic E-state index is 1.17. The minimum atomic E-state index is 1.17. The molecule has 1 aromatic rings. The van der Waals surface area contributed by atoms with Gasteiger partial charge in [0.25, 0.3) is 0 Å². The summed E-state index contributed by atoms with van der Waals surface area (Å²) in [6, 6.07) is 0. The summed E-state index contributed by atoms with van der Waals surface area (Å²) >= 11 is 1.86. The Hall–Kier alpha value is -0.570. The molecule has 0 bridgehead atoms. The monoisotopic (exact) mass is 182 g/mol. The molecule has 0 atom stereocenters. The molecule has 0 saturated carbocycles. The Kier molecular flexibility index (Phi) is 2.05. The van der Waals surface area contributed by atoms with Crippen LogP contribution in [0.3, 0.4) is 0 Å². The molecule has 0 spiro atoms. The number of hydrogen-bond donors (Lipinski definition) is 0. The third-order valence-electron chi connectivity index (χ3n) is 2.49. The van der Waals surface area contributed by atoms with E-state index in [9.17, 15) is 0 Å². The number of aryl methyl sites for hydroxylation is 1. The lowest BCUT2D eigenvalue weighted by Gasteiger charge is -2.11. The molecule has 1 aromatic heterocycles. The third-order valence-corrected chi connectivity index (χ3v) is 3.81. The highest BCUT2D eigenvalue weighted by molar-refractivity contribution is 7.09. The van der Waals surface area contributed by atoms with E-state index in [-0.39, 0.29) is 0 Å². The summed E-state index contributed by atoms with van der Waals surface area (Å²) in [5.74, 6) is 0. The van der Waals surface area contributed by atoms with E-state index in [0.717, 1.165) is 0 Å². The van der Waals surface area contributed by atoms with Crippen LogP contribution in [0.2, 0.25) is 0 Å². The number of nitrogens with zero attached hydrogens (tertiary/aromatic N) is 2. The number of thiazole rings is 1. The van der Waals surface area contributed by atoms with Crippen LogP contribution in [0.1, 0.15) is 23.4 Å². The number of hydrogen-bond acceptors (Lipinski definition) is 2. The summed E-state index contributed by atoms with van der Waals surface area (Å²) in [5.41, 5.74) is 1.52. The average Bonchev–Trinajstić information content (AvgIpc) is 2.44. The molecule has 0 aromatic carbocycles. The molecule has 1 aliphatic rings. The molecule has 3 heteroatoms. The van der Waals surface area contributed by atoms with Crippen LogP contribution in [0.4, 0.5) is 0 Å². The van der Waals surface area contributed by atoms with Gasteiger partial charge in [0.1, 0.15) is 0 Å². The third kappa shape index (κ3) is 1.12. The standard InChI is InChI=1S/C9H14N2S/c1-10-9-11(2)7-5-3-4-6-8(7)12-9/h3-6H2,1-2H3. The predicted octanol–water partition coefficient (Wildman–Crippen LogP) is 1.50. The van der Waals surface area contributed by atoms with Crippen molar-refractivity contribution in [1.29, 1.82) is 0 Å². The first-order chi connectivity index (χ1) is 5.83. The second kappa shape index (κ2) is 3.05. The summed E-state index contributed by atoms with van der Waals surface area (Å²) in [6.07, 6.45) is 5.22. The Morgan fingerprint density at radius 1 is 1.33 bits per heavy atom. The summed E-state index contributed by atoms with van der Waals surface area (Å²) in [7, 11) is 4.00. The van der Waals surface area contributed by atoms with Gasteiger partial charge in [-0.15, -0.1) is 11.3 Å². The smallest absolute Gasteiger partial charge is 0.184 e. The van der Waals surface area contributed by atoms with Crippen LogP contribution in [-0.2, 0) is 19.9 Å². The van der Waals surface area contributed by atoms with Gasteiger partial charge in [-0.25, -0.2) is 0 Å². The minimum Gasteiger partial charge on any atom is -0.324 e. The van der Waals surface area contributed by atoms with Gasteiger partial charge in [0.15, 0.2) is 4.80 Å². The summed E-state index contributed by atoms with van der Waals surface area (Å²) in [6.45, 7) is 0. The molecular formula is C9H14N2S. The highest BCUT2D eigenvalue weighted by Crippen LogP contribution is 2.22. The highest BCUT2D eigenvalue weighted by Gasteiger charge is 2.14. The molecule has 66 valence electrons. The van der Waals surface area contributed by atoms with Gasteiger partial charge in [-0.2, -0.15) is 0 Å². The Morgan fingerprint density at radius 2 is 2.08 bits per heavy atom. The summed E-state index contributed by atoms with van der Waals surface area (Å²) in [5, 5.41) is 0. The maximum absolute atomic E-state index is 4.26. The number of rotatable bonds is 0. The van der Waals surface area contributed by atoms with Crippen LogP contribution in [-0.4, -0.2) is 11.6 Å². The van der Waals surface area contributed by atoms with Crippen molar-refractivity contribution in [3.63, 3.8) is 0 Å². The van der Waals surface area contributed by atoms with Gasteiger partial charge in [-0.3, -0.25) is 4.99 Å². The SMILES string of the molecule is CN=c1sc2c(n1C)CCCC2. The van der Waals surface area contributed by atoms with Crippen molar-refractivity contribution in [2.24, 2.45) is 12.0 Å². The average molecular weight is 182 g/mol. The largest absolute Gasteiger partial charge is 0.324 e. The van der Waals surface area contributed by atoms with Gasteiger partial charge in [0.05, 0.1) is 0 Å². The Labute approximate surface area is 76.6 Å². The molecule has 12 heavy (non-hydrogen) atoms. The van der Waals surface area contributed by atoms with Gasteiger partial charge < -0.3 is 4.57 Å². The zero-order valence-corrected chi connectivity index (χ0v) is 8.45. The van der Waals surface area contributed by atoms with E-state index in [1.807, 2.05) is 18.4 Å². The van der Waals surface area contributed by atoms with E-state index < -0.39 is 0 Å². The topological polar surface area (TPSA) is 17.3 Å². The quantitative estimate of drug-likeness (QED) is 0.578. The van der Waals surface area contributed by atoms with Gasteiger partial charge in [0.2, 0.25) is 0 Å². The van der Waals surface area contributed by atoms with Gasteiger partial charge in [0, 0.05) is 24.7 Å². The lowest BCUT2D eigenvalue weighted by atomic mass is 10.0. The molecule has 0 radical (unpaired) electrons. The molecule has 1 heterocycles. The highest BCUT2D eigenvalue weighted by atomic mass is 32.1. The maximum Gasteiger partial charge on any atom is 0.184 e. The van der Waals surface area contributed by atoms with Crippen LogP contribution in [0, 0.1) is 0 Å². The molecule has 1 aliphatic carbocycles. The second-order valence-corrected chi connectivity index (χ2v) is 4.31. The molecule has 0 N–H and O–H groups in total. The molecule has 0 fully saturated rings. The maximum atomic E-state index is 4.26. The fourth-order valence-electron chi connectivity index (χ4n) is 1.82. The molecule has 2 rings (SSSR count). The van der Waals surface area contributed by atoms with E-state index in [1.165, 1.54) is 36.2 Å².